The summed E-state index contributed by atoms with van der Waals surface area (Å²) in [5.74, 6) is 1.43. The summed E-state index contributed by atoms with van der Waals surface area (Å²) in [5, 5.41) is 0. The van der Waals surface area contributed by atoms with Crippen molar-refractivity contribution in [3.05, 3.63) is 52.1 Å². The lowest BCUT2D eigenvalue weighted by Gasteiger charge is -2.39. The van der Waals surface area contributed by atoms with E-state index in [9.17, 15) is 13.2 Å². The highest BCUT2D eigenvalue weighted by Crippen LogP contribution is 2.44. The molecule has 0 aromatic heterocycles. The summed E-state index contributed by atoms with van der Waals surface area (Å²) >= 11 is 0. The lowest BCUT2D eigenvalue weighted by molar-refractivity contribution is -0.871. The maximum absolute atomic E-state index is 11.4. The number of aryl methyl sites for hydroxylation is 1. The summed E-state index contributed by atoms with van der Waals surface area (Å²) in [6.07, 6.45) is 2.98. The molecule has 2 aromatic rings. The first kappa shape index (κ1) is 28.8. The van der Waals surface area contributed by atoms with Crippen LogP contribution in [-0.4, -0.2) is 56.7 Å². The fourth-order valence-electron chi connectivity index (χ4n) is 4.04. The van der Waals surface area contributed by atoms with Crippen molar-refractivity contribution < 1.29 is 31.7 Å². The molecule has 0 fully saturated rings. The SMILES string of the molecule is CC(=O)Oc1c(C)c(C)c2c(c1C)CCC(C)(CC[N+](C)(C)C)O2.Cc1ccc(S(=O)(=O)O)cc1. The van der Waals surface area contributed by atoms with E-state index in [1.807, 2.05) is 20.8 Å². The van der Waals surface area contributed by atoms with Crippen molar-refractivity contribution in [3.8, 4) is 11.5 Å². The minimum atomic E-state index is -4.02. The van der Waals surface area contributed by atoms with Crippen LogP contribution in [0.5, 0.6) is 11.5 Å². The molecule has 1 heterocycles. The quantitative estimate of drug-likeness (QED) is 0.267. The van der Waals surface area contributed by atoms with E-state index >= 15 is 0 Å². The minimum Gasteiger partial charge on any atom is -0.487 e. The number of carbonyl (C=O) groups is 1. The molecule has 0 aliphatic carbocycles. The Labute approximate surface area is 210 Å². The van der Waals surface area contributed by atoms with Gasteiger partial charge in [0, 0.05) is 18.9 Å². The lowest BCUT2D eigenvalue weighted by Crippen LogP contribution is -2.44. The van der Waals surface area contributed by atoms with Gasteiger partial charge >= 0.3 is 5.97 Å². The molecule has 3 rings (SSSR count). The van der Waals surface area contributed by atoms with E-state index in [1.165, 1.54) is 24.6 Å². The Hall–Kier alpha value is -2.42. The van der Waals surface area contributed by atoms with Gasteiger partial charge in [-0.05, 0) is 76.3 Å². The topological polar surface area (TPSA) is 89.9 Å². The fraction of sp³-hybridized carbons (Fsp3) is 0.519. The average Bonchev–Trinajstić information content (AvgIpc) is 2.73. The number of ether oxygens (including phenoxy) is 2. The summed E-state index contributed by atoms with van der Waals surface area (Å²) < 4.78 is 42.5. The first-order valence-electron chi connectivity index (χ1n) is 11.8. The molecule has 2 aromatic carbocycles. The Morgan fingerprint density at radius 1 is 1.06 bits per heavy atom. The maximum Gasteiger partial charge on any atom is 0.308 e. The Balaban J connectivity index is 0.000000328. The zero-order valence-electron chi connectivity index (χ0n) is 22.5. The third-order valence-electron chi connectivity index (χ3n) is 6.44. The van der Waals surface area contributed by atoms with Crippen LogP contribution in [0.2, 0.25) is 0 Å². The van der Waals surface area contributed by atoms with Crippen LogP contribution >= 0.6 is 0 Å². The predicted molar refractivity (Wildman–Crippen MR) is 138 cm³/mol. The summed E-state index contributed by atoms with van der Waals surface area (Å²) in [6.45, 7) is 12.7. The standard InChI is InChI=1S/C20H32NO3.C7H8O3S/c1-13-14(2)19-17(15(3)18(13)23-16(4)22)9-10-20(5,24-19)11-12-21(6,7)8;1-6-2-4-7(5-3-6)11(8,9)10/h9-12H2,1-8H3;2-5H,1H3,(H,8,9,10)/q+1;. The van der Waals surface area contributed by atoms with Crippen molar-refractivity contribution in [3.63, 3.8) is 0 Å². The highest BCUT2D eigenvalue weighted by atomic mass is 32.2. The van der Waals surface area contributed by atoms with Gasteiger partial charge in [0.2, 0.25) is 0 Å². The van der Waals surface area contributed by atoms with Crippen LogP contribution in [0.25, 0.3) is 0 Å². The van der Waals surface area contributed by atoms with Gasteiger partial charge < -0.3 is 14.0 Å². The smallest absolute Gasteiger partial charge is 0.308 e. The van der Waals surface area contributed by atoms with Gasteiger partial charge in [-0.25, -0.2) is 0 Å². The van der Waals surface area contributed by atoms with Crippen LogP contribution < -0.4 is 9.47 Å². The lowest BCUT2D eigenvalue weighted by atomic mass is 9.85. The number of benzene rings is 2. The van der Waals surface area contributed by atoms with Crippen molar-refractivity contribution in [2.45, 2.75) is 71.3 Å². The molecule has 1 aliphatic heterocycles. The number of hydrogen-bond acceptors (Lipinski definition) is 5. The molecule has 0 saturated carbocycles. The van der Waals surface area contributed by atoms with E-state index in [2.05, 4.69) is 35.0 Å². The van der Waals surface area contributed by atoms with E-state index in [4.69, 9.17) is 14.0 Å². The van der Waals surface area contributed by atoms with Crippen molar-refractivity contribution >= 4 is 16.1 Å². The van der Waals surface area contributed by atoms with Crippen molar-refractivity contribution in [1.29, 1.82) is 0 Å². The zero-order valence-corrected chi connectivity index (χ0v) is 23.3. The molecule has 0 saturated heterocycles. The van der Waals surface area contributed by atoms with E-state index in [0.717, 1.165) is 58.3 Å². The maximum atomic E-state index is 11.4. The van der Waals surface area contributed by atoms with Gasteiger partial charge in [-0.15, -0.1) is 0 Å². The average molecular weight is 507 g/mol. The molecule has 0 spiro atoms. The number of quaternary nitrogens is 1. The fourth-order valence-corrected chi connectivity index (χ4v) is 4.52. The van der Waals surface area contributed by atoms with Gasteiger partial charge in [0.15, 0.2) is 0 Å². The van der Waals surface area contributed by atoms with Crippen molar-refractivity contribution in [2.24, 2.45) is 0 Å². The van der Waals surface area contributed by atoms with E-state index < -0.39 is 10.1 Å². The van der Waals surface area contributed by atoms with Crippen molar-refractivity contribution in [2.75, 3.05) is 27.7 Å². The molecule has 0 radical (unpaired) electrons. The number of nitrogens with zero attached hydrogens (tertiary/aromatic N) is 1. The Bertz CT molecular complexity index is 1180. The largest absolute Gasteiger partial charge is 0.487 e. The number of esters is 1. The number of hydrogen-bond donors (Lipinski definition) is 1. The van der Waals surface area contributed by atoms with Crippen LogP contribution in [0.1, 0.15) is 54.5 Å². The molecular weight excluding hydrogens is 466 g/mol. The number of fused-ring (bicyclic) bond motifs is 1. The molecule has 1 N–H and O–H groups in total. The van der Waals surface area contributed by atoms with E-state index in [-0.39, 0.29) is 16.5 Å². The second kappa shape index (κ2) is 10.7. The predicted octanol–water partition coefficient (Wildman–Crippen LogP) is 4.96. The molecule has 35 heavy (non-hydrogen) atoms. The van der Waals surface area contributed by atoms with Gasteiger partial charge in [-0.1, -0.05) is 17.7 Å². The van der Waals surface area contributed by atoms with Gasteiger partial charge in [-0.3, -0.25) is 9.35 Å². The molecule has 8 heteroatoms. The first-order valence-corrected chi connectivity index (χ1v) is 13.2. The highest BCUT2D eigenvalue weighted by molar-refractivity contribution is 7.85. The summed E-state index contributed by atoms with van der Waals surface area (Å²) in [4.78, 5) is 11.4. The normalized spacial score (nSPS) is 17.5. The minimum absolute atomic E-state index is 0.0666. The van der Waals surface area contributed by atoms with Crippen molar-refractivity contribution in [1.82, 2.24) is 0 Å². The van der Waals surface area contributed by atoms with Crippen LogP contribution in [0.3, 0.4) is 0 Å². The second-order valence-corrected chi connectivity index (χ2v) is 12.1. The van der Waals surface area contributed by atoms with E-state index in [0.29, 0.717) is 5.75 Å². The molecule has 1 atom stereocenters. The Morgan fingerprint density at radius 3 is 2.11 bits per heavy atom. The highest BCUT2D eigenvalue weighted by Gasteiger charge is 2.36. The molecular formula is C27H40NO6S+. The molecule has 0 bridgehead atoms. The summed E-state index contributed by atoms with van der Waals surface area (Å²) in [7, 11) is 2.62. The molecule has 0 amide bonds. The third-order valence-corrected chi connectivity index (χ3v) is 7.31. The Kier molecular flexibility index (Phi) is 8.79. The molecule has 194 valence electrons. The molecule has 7 nitrogen and oxygen atoms in total. The van der Waals surface area contributed by atoms with E-state index in [1.54, 1.807) is 12.1 Å². The number of rotatable bonds is 5. The first-order chi connectivity index (χ1) is 15.9. The number of carbonyl (C=O) groups excluding carboxylic acids is 1. The Morgan fingerprint density at radius 2 is 1.63 bits per heavy atom. The third kappa shape index (κ3) is 7.78. The second-order valence-electron chi connectivity index (χ2n) is 10.7. The van der Waals surface area contributed by atoms with Crippen LogP contribution in [0.4, 0.5) is 0 Å². The van der Waals surface area contributed by atoms with Gasteiger partial charge in [0.1, 0.15) is 17.1 Å². The molecule has 1 aliphatic rings. The van der Waals surface area contributed by atoms with Gasteiger partial charge in [0.25, 0.3) is 10.1 Å². The summed E-state index contributed by atoms with van der Waals surface area (Å²) in [5.41, 5.74) is 5.14. The molecule has 1 unspecified atom stereocenters. The van der Waals surface area contributed by atoms with Crippen LogP contribution in [0, 0.1) is 27.7 Å². The monoisotopic (exact) mass is 506 g/mol. The van der Waals surface area contributed by atoms with Crippen LogP contribution in [0.15, 0.2) is 29.2 Å². The van der Waals surface area contributed by atoms with Gasteiger partial charge in [0.05, 0.1) is 32.6 Å². The summed E-state index contributed by atoms with van der Waals surface area (Å²) in [6, 6.07) is 5.99. The van der Waals surface area contributed by atoms with Gasteiger partial charge in [-0.2, -0.15) is 8.42 Å². The zero-order chi connectivity index (χ0) is 26.8. The van der Waals surface area contributed by atoms with Crippen LogP contribution in [-0.2, 0) is 21.3 Å².